The summed E-state index contributed by atoms with van der Waals surface area (Å²) >= 11 is 4.13. The predicted octanol–water partition coefficient (Wildman–Crippen LogP) is -4.80. The normalized spacial score (nSPS) is 16.7. The maximum atomic E-state index is 14.1. The number of phenols is 1. The van der Waals surface area contributed by atoms with Crippen LogP contribution in [0, 0.1) is 0 Å². The first-order chi connectivity index (χ1) is 36.3. The van der Waals surface area contributed by atoms with E-state index >= 15 is 0 Å². The molecular formula is C48H63N13O14S. The molecule has 0 radical (unpaired) electrons. The first kappa shape index (κ1) is 59.0. The summed E-state index contributed by atoms with van der Waals surface area (Å²) in [6.07, 6.45) is 4.12. The molecule has 1 aliphatic heterocycles. The number of likely N-dealkylation sites (tertiary alicyclic amines) is 1. The van der Waals surface area contributed by atoms with Crippen LogP contribution < -0.4 is 43.0 Å². The SMILES string of the molecule is C[C@@H](O)[C@H](NC(=O)[C@H](Cc1ccc(O)cc1)NC(=O)[C@@H](N)Cc1cnc[nH]1)C(=O)N[C@@H](CS)C(=O)N[C@@H](CO)C(=O)N[C@@H](CO)C(=O)N[C@@H](Cc1cnc[nH]1)C(=O)N[C@@H](Cc1ccccc1)C(=O)N1CCC[C@H]1C(=O)O. The lowest BCUT2D eigenvalue weighted by atomic mass is 10.0. The highest BCUT2D eigenvalue weighted by molar-refractivity contribution is 7.80. The molecule has 0 unspecified atom stereocenters. The first-order valence-corrected chi connectivity index (χ1v) is 24.6. The number of nitrogens with one attached hydrogen (secondary N) is 9. The van der Waals surface area contributed by atoms with E-state index in [-0.39, 0.29) is 44.4 Å². The van der Waals surface area contributed by atoms with E-state index in [1.807, 2.05) is 0 Å². The van der Waals surface area contributed by atoms with Crippen molar-refractivity contribution in [3.63, 3.8) is 0 Å². The van der Waals surface area contributed by atoms with Gasteiger partial charge in [-0.05, 0) is 43.0 Å². The van der Waals surface area contributed by atoms with Crippen molar-refractivity contribution in [2.75, 3.05) is 25.5 Å². The van der Waals surface area contributed by atoms with Crippen LogP contribution in [0.4, 0.5) is 0 Å². The molecule has 2 aromatic heterocycles. The number of carboxylic acid groups (broad SMARTS) is 1. The summed E-state index contributed by atoms with van der Waals surface area (Å²) in [6, 6.07) is 0.842. The number of nitrogens with two attached hydrogens (primary N) is 1. The maximum absolute atomic E-state index is 14.1. The maximum Gasteiger partial charge on any atom is 0.326 e. The van der Waals surface area contributed by atoms with Crippen LogP contribution in [0.15, 0.2) is 79.6 Å². The Kier molecular flexibility index (Phi) is 22.2. The summed E-state index contributed by atoms with van der Waals surface area (Å²) in [5, 5.41) is 67.5. The molecule has 0 saturated carbocycles. The molecule has 0 aliphatic carbocycles. The van der Waals surface area contributed by atoms with E-state index in [4.69, 9.17) is 5.73 Å². The molecule has 0 bridgehead atoms. The zero-order chi connectivity index (χ0) is 55.5. The van der Waals surface area contributed by atoms with Crippen molar-refractivity contribution in [1.82, 2.24) is 62.1 Å². The Morgan fingerprint density at radius 1 is 0.645 bits per heavy atom. The lowest BCUT2D eigenvalue weighted by Gasteiger charge is -2.29. The van der Waals surface area contributed by atoms with E-state index in [1.165, 1.54) is 54.2 Å². The summed E-state index contributed by atoms with van der Waals surface area (Å²) in [5.41, 5.74) is 8.09. The number of hydrogen-bond acceptors (Lipinski definition) is 17. The second-order valence-corrected chi connectivity index (χ2v) is 18.3. The fourth-order valence-electron chi connectivity index (χ4n) is 8.04. The van der Waals surface area contributed by atoms with Gasteiger partial charge in [-0.3, -0.25) is 38.4 Å². The summed E-state index contributed by atoms with van der Waals surface area (Å²) < 4.78 is 0. The van der Waals surface area contributed by atoms with Crippen molar-refractivity contribution in [2.24, 2.45) is 5.73 Å². The van der Waals surface area contributed by atoms with Gasteiger partial charge in [0, 0.05) is 61.8 Å². The second-order valence-electron chi connectivity index (χ2n) is 17.9. The van der Waals surface area contributed by atoms with Crippen LogP contribution in [0.25, 0.3) is 0 Å². The van der Waals surface area contributed by atoms with Gasteiger partial charge in [-0.15, -0.1) is 0 Å². The van der Waals surface area contributed by atoms with Crippen molar-refractivity contribution in [3.05, 3.63) is 102 Å². The van der Waals surface area contributed by atoms with Gasteiger partial charge in [0.15, 0.2) is 0 Å². The Labute approximate surface area is 440 Å². The molecule has 0 spiro atoms. The molecule has 410 valence electrons. The van der Waals surface area contributed by atoms with Gasteiger partial charge in [0.05, 0.1) is 38.0 Å². The Hall–Kier alpha value is -7.92. The summed E-state index contributed by atoms with van der Waals surface area (Å²) in [4.78, 5) is 136. The average Bonchev–Trinajstić information content (AvgIpc) is 4.23. The number of H-pyrrole nitrogens is 2. The van der Waals surface area contributed by atoms with E-state index in [0.29, 0.717) is 28.9 Å². The molecule has 2 aromatic carbocycles. The van der Waals surface area contributed by atoms with Crippen LogP contribution in [-0.4, -0.2) is 190 Å². The van der Waals surface area contributed by atoms with Crippen LogP contribution in [0.5, 0.6) is 5.75 Å². The minimum absolute atomic E-state index is 0.0247. The predicted molar refractivity (Wildman–Crippen MR) is 270 cm³/mol. The quantitative estimate of drug-likeness (QED) is 0.0237. The van der Waals surface area contributed by atoms with Crippen LogP contribution in [0.1, 0.15) is 42.3 Å². The molecule has 27 nitrogen and oxygen atoms in total. The molecule has 3 heterocycles. The number of aliphatic hydroxyl groups is 3. The van der Waals surface area contributed by atoms with Crippen molar-refractivity contribution < 1.29 is 68.7 Å². The Balaban J connectivity index is 1.23. The highest BCUT2D eigenvalue weighted by atomic mass is 32.1. The Morgan fingerprint density at radius 2 is 1.12 bits per heavy atom. The minimum atomic E-state index is -1.83. The number of rotatable bonds is 28. The molecule has 4 aromatic rings. The molecule has 16 N–H and O–H groups in total. The van der Waals surface area contributed by atoms with Crippen LogP contribution in [0.3, 0.4) is 0 Å². The molecule has 76 heavy (non-hydrogen) atoms. The fraction of sp³-hybridized carbons (Fsp3) is 0.438. The minimum Gasteiger partial charge on any atom is -0.508 e. The summed E-state index contributed by atoms with van der Waals surface area (Å²) in [7, 11) is 0. The van der Waals surface area contributed by atoms with E-state index < -0.39 is 133 Å². The fourth-order valence-corrected chi connectivity index (χ4v) is 8.29. The molecular weight excluding hydrogens is 1010 g/mol. The Morgan fingerprint density at radius 3 is 1.66 bits per heavy atom. The molecule has 10 atom stereocenters. The van der Waals surface area contributed by atoms with Crippen molar-refractivity contribution in [1.29, 1.82) is 0 Å². The highest BCUT2D eigenvalue weighted by Crippen LogP contribution is 2.20. The molecule has 1 aliphatic rings. The van der Waals surface area contributed by atoms with Crippen molar-refractivity contribution in [2.45, 2.75) is 106 Å². The highest BCUT2D eigenvalue weighted by Gasteiger charge is 2.40. The molecule has 1 saturated heterocycles. The van der Waals surface area contributed by atoms with Gasteiger partial charge in [-0.25, -0.2) is 14.8 Å². The standard InChI is InChI=1S/C48H63N13O14S/c1-25(64)39(60-42(68)32(14-27-9-11-30(65)12-10-27)54-40(66)31(49)16-28-18-50-23-52-28)46(72)59-37(22-76)45(71)58-36(21-63)44(70)57-35(20-62)43(69)55-33(17-29-19-51-24-53-29)41(67)56-34(15-26-6-3-2-4-7-26)47(73)61-13-5-8-38(61)48(74)75/h2-4,6-7,9-12,18-19,23-25,31-39,62-65,76H,5,8,13-17,20-22,49H2,1H3,(H,50,52)(H,51,53)(H,54,66)(H,55,69)(H,56,67)(H,57,70)(H,58,71)(H,59,72)(H,60,68)(H,74,75)/t25-,31+,32+,33+,34+,35+,36+,37+,38+,39+/m1/s1. The monoisotopic (exact) mass is 1080 g/mol. The van der Waals surface area contributed by atoms with Gasteiger partial charge in [0.1, 0.15) is 54.1 Å². The van der Waals surface area contributed by atoms with Gasteiger partial charge in [0.2, 0.25) is 47.3 Å². The van der Waals surface area contributed by atoms with E-state index in [1.54, 1.807) is 30.3 Å². The number of hydrogen-bond donors (Lipinski definition) is 16. The molecule has 5 rings (SSSR count). The number of aromatic nitrogens is 4. The third-order valence-corrected chi connectivity index (χ3v) is 12.5. The molecule has 28 heteroatoms. The van der Waals surface area contributed by atoms with Gasteiger partial charge in [0.25, 0.3) is 0 Å². The number of thiol groups is 1. The van der Waals surface area contributed by atoms with Gasteiger partial charge < -0.3 is 83.4 Å². The third-order valence-electron chi connectivity index (χ3n) is 12.2. The van der Waals surface area contributed by atoms with Gasteiger partial charge >= 0.3 is 5.97 Å². The smallest absolute Gasteiger partial charge is 0.326 e. The number of benzene rings is 2. The average molecular weight is 1080 g/mol. The summed E-state index contributed by atoms with van der Waals surface area (Å²) in [6.45, 7) is -0.859. The van der Waals surface area contributed by atoms with Crippen LogP contribution in [0.2, 0.25) is 0 Å². The van der Waals surface area contributed by atoms with Crippen molar-refractivity contribution in [3.8, 4) is 5.75 Å². The Bertz CT molecular complexity index is 2590. The number of aromatic amines is 2. The van der Waals surface area contributed by atoms with E-state index in [0.717, 1.165) is 6.92 Å². The molecule has 8 amide bonds. The lowest BCUT2D eigenvalue weighted by molar-refractivity contribution is -0.149. The van der Waals surface area contributed by atoms with Gasteiger partial charge in [-0.1, -0.05) is 42.5 Å². The second kappa shape index (κ2) is 28.7. The van der Waals surface area contributed by atoms with Crippen molar-refractivity contribution >= 4 is 65.9 Å². The van der Waals surface area contributed by atoms with E-state index in [2.05, 4.69) is 69.8 Å². The lowest BCUT2D eigenvalue weighted by Crippen LogP contribution is -2.63. The molecule has 1 fully saturated rings. The number of aromatic hydroxyl groups is 1. The van der Waals surface area contributed by atoms with E-state index in [9.17, 15) is 68.7 Å². The number of carboxylic acids is 1. The number of amides is 8. The third kappa shape index (κ3) is 17.1. The zero-order valence-electron chi connectivity index (χ0n) is 41.1. The van der Waals surface area contributed by atoms with Crippen LogP contribution in [-0.2, 0) is 68.8 Å². The van der Waals surface area contributed by atoms with Gasteiger partial charge in [-0.2, -0.15) is 12.6 Å². The number of carbonyl (C=O) groups excluding carboxylic acids is 8. The topological polar surface area (TPSA) is 426 Å². The largest absolute Gasteiger partial charge is 0.508 e. The number of phenolic OH excluding ortho intramolecular Hbond substituents is 1. The van der Waals surface area contributed by atoms with Crippen LogP contribution >= 0.6 is 12.6 Å². The summed E-state index contributed by atoms with van der Waals surface area (Å²) in [5.74, 6) is -9.54. The number of nitrogens with zero attached hydrogens (tertiary/aromatic N) is 3. The number of aliphatic hydroxyl groups excluding tert-OH is 3. The number of carbonyl (C=O) groups is 9. The zero-order valence-corrected chi connectivity index (χ0v) is 42.0. The number of aliphatic carboxylic acids is 1. The first-order valence-electron chi connectivity index (χ1n) is 24.0. The number of imidazole rings is 2.